The number of nitrogens with zero attached hydrogens (tertiary/aromatic N) is 3. The first kappa shape index (κ1) is 17.5. The zero-order valence-electron chi connectivity index (χ0n) is 15.3. The second kappa shape index (κ2) is 7.72. The Morgan fingerprint density at radius 3 is 2.60 bits per heavy atom. The Hall–Kier alpha value is -2.30. The Morgan fingerprint density at radius 1 is 1.24 bits per heavy atom. The van der Waals surface area contributed by atoms with Crippen molar-refractivity contribution in [3.63, 3.8) is 0 Å². The Morgan fingerprint density at radius 2 is 1.96 bits per heavy atom. The van der Waals surface area contributed by atoms with Gasteiger partial charge in [0.15, 0.2) is 0 Å². The van der Waals surface area contributed by atoms with Gasteiger partial charge in [0.2, 0.25) is 5.91 Å². The number of amides is 1. The largest absolute Gasteiger partial charge is 0.491 e. The van der Waals surface area contributed by atoms with Gasteiger partial charge in [-0.25, -0.2) is 0 Å². The fraction of sp³-hybridized carbons (Fsp3) is 0.500. The van der Waals surface area contributed by atoms with E-state index in [1.54, 1.807) is 0 Å². The Balaban J connectivity index is 1.59. The van der Waals surface area contributed by atoms with Crippen molar-refractivity contribution in [3.8, 4) is 5.75 Å². The summed E-state index contributed by atoms with van der Waals surface area (Å²) in [5.74, 6) is 1.49. The van der Waals surface area contributed by atoms with E-state index in [-0.39, 0.29) is 12.0 Å². The Labute approximate surface area is 149 Å². The zero-order valence-corrected chi connectivity index (χ0v) is 15.3. The average Bonchev–Trinajstić information content (AvgIpc) is 3.02. The van der Waals surface area contributed by atoms with Gasteiger partial charge in [0.25, 0.3) is 0 Å². The number of carbonyl (C=O) groups is 1. The summed E-state index contributed by atoms with van der Waals surface area (Å²) < 4.78 is 7.78. The molecule has 0 unspecified atom stereocenters. The maximum absolute atomic E-state index is 12.7. The van der Waals surface area contributed by atoms with Gasteiger partial charge in [-0.2, -0.15) is 5.10 Å². The van der Waals surface area contributed by atoms with Crippen molar-refractivity contribution >= 4 is 5.91 Å². The number of piperidine rings is 1. The van der Waals surface area contributed by atoms with E-state index in [0.29, 0.717) is 12.3 Å². The van der Waals surface area contributed by atoms with Crippen LogP contribution in [0.4, 0.5) is 0 Å². The van der Waals surface area contributed by atoms with E-state index in [1.807, 2.05) is 60.9 Å². The van der Waals surface area contributed by atoms with E-state index in [9.17, 15) is 4.79 Å². The number of aromatic nitrogens is 2. The molecule has 134 valence electrons. The lowest BCUT2D eigenvalue weighted by Gasteiger charge is -2.32. The minimum absolute atomic E-state index is 0.103. The number of rotatable bonds is 5. The van der Waals surface area contributed by atoms with Gasteiger partial charge in [-0.05, 0) is 38.8 Å². The molecular formula is C20H27N3O2. The zero-order chi connectivity index (χ0) is 17.8. The van der Waals surface area contributed by atoms with Gasteiger partial charge >= 0.3 is 0 Å². The van der Waals surface area contributed by atoms with Crippen LogP contribution in [0.2, 0.25) is 0 Å². The third-order valence-corrected chi connectivity index (χ3v) is 4.80. The Kier molecular flexibility index (Phi) is 5.41. The third-order valence-electron chi connectivity index (χ3n) is 4.80. The predicted octanol–water partition coefficient (Wildman–Crippen LogP) is 3.16. The maximum Gasteiger partial charge on any atom is 0.227 e. The molecule has 1 aliphatic heterocycles. The highest BCUT2D eigenvalue weighted by molar-refractivity contribution is 5.79. The summed E-state index contributed by atoms with van der Waals surface area (Å²) in [7, 11) is 1.98. The number of ether oxygens (including phenoxy) is 1. The Bertz CT molecular complexity index is 715. The van der Waals surface area contributed by atoms with Crippen molar-refractivity contribution in [1.29, 1.82) is 0 Å². The molecule has 1 aliphatic rings. The number of para-hydroxylation sites is 1. The number of hydrogen-bond acceptors (Lipinski definition) is 3. The van der Waals surface area contributed by atoms with E-state index < -0.39 is 0 Å². The lowest BCUT2D eigenvalue weighted by Crippen LogP contribution is -2.39. The molecule has 0 spiro atoms. The predicted molar refractivity (Wildman–Crippen MR) is 97.7 cm³/mol. The fourth-order valence-electron chi connectivity index (χ4n) is 3.50. The highest BCUT2D eigenvalue weighted by Crippen LogP contribution is 2.28. The number of benzene rings is 1. The first-order valence-corrected chi connectivity index (χ1v) is 9.05. The van der Waals surface area contributed by atoms with Crippen LogP contribution >= 0.6 is 0 Å². The monoisotopic (exact) mass is 341 g/mol. The van der Waals surface area contributed by atoms with Crippen LogP contribution < -0.4 is 4.74 Å². The van der Waals surface area contributed by atoms with Gasteiger partial charge in [-0.3, -0.25) is 9.48 Å². The normalized spacial score (nSPS) is 15.6. The van der Waals surface area contributed by atoms with Crippen LogP contribution in [0.5, 0.6) is 5.75 Å². The molecule has 5 heteroatoms. The summed E-state index contributed by atoms with van der Waals surface area (Å²) >= 11 is 0. The van der Waals surface area contributed by atoms with Gasteiger partial charge in [0.05, 0.1) is 12.5 Å². The van der Waals surface area contributed by atoms with Crippen molar-refractivity contribution in [2.75, 3.05) is 13.1 Å². The molecule has 0 saturated carbocycles. The van der Waals surface area contributed by atoms with E-state index >= 15 is 0 Å². The molecule has 1 amide bonds. The molecule has 1 saturated heterocycles. The first-order valence-electron chi connectivity index (χ1n) is 9.05. The molecule has 25 heavy (non-hydrogen) atoms. The van der Waals surface area contributed by atoms with Crippen molar-refractivity contribution in [3.05, 3.63) is 47.8 Å². The van der Waals surface area contributed by atoms with E-state index in [4.69, 9.17) is 4.74 Å². The minimum atomic E-state index is 0.103. The van der Waals surface area contributed by atoms with Crippen LogP contribution in [-0.2, 0) is 18.3 Å². The summed E-state index contributed by atoms with van der Waals surface area (Å²) in [6.45, 7) is 5.62. The molecule has 0 bridgehead atoms. The molecule has 0 atom stereocenters. The quantitative estimate of drug-likeness (QED) is 0.839. The minimum Gasteiger partial charge on any atom is -0.491 e. The van der Waals surface area contributed by atoms with E-state index in [2.05, 4.69) is 11.2 Å². The smallest absolute Gasteiger partial charge is 0.227 e. The number of likely N-dealkylation sites (tertiary alicyclic amines) is 1. The number of carbonyl (C=O) groups excluding carboxylic acids is 1. The van der Waals surface area contributed by atoms with Crippen LogP contribution in [0, 0.1) is 0 Å². The summed E-state index contributed by atoms with van der Waals surface area (Å²) in [5, 5.41) is 4.26. The molecule has 1 aromatic carbocycles. The van der Waals surface area contributed by atoms with Crippen molar-refractivity contribution in [2.45, 2.75) is 45.1 Å². The standard InChI is InChI=1S/C20H27N3O2/c1-15(2)25-19-7-5-4-6-17(19)14-20(24)23-12-9-16(10-13-23)18-8-11-21-22(18)3/h4-8,11,15-16H,9-10,12-14H2,1-3H3. The highest BCUT2D eigenvalue weighted by Gasteiger charge is 2.25. The summed E-state index contributed by atoms with van der Waals surface area (Å²) in [6, 6.07) is 9.92. The lowest BCUT2D eigenvalue weighted by molar-refractivity contribution is -0.131. The molecule has 1 fully saturated rings. The second-order valence-corrected chi connectivity index (χ2v) is 6.99. The highest BCUT2D eigenvalue weighted by atomic mass is 16.5. The molecular weight excluding hydrogens is 314 g/mol. The summed E-state index contributed by atoms with van der Waals surface area (Å²) in [6.07, 6.45) is 4.34. The first-order chi connectivity index (χ1) is 12.0. The molecule has 0 N–H and O–H groups in total. The SMILES string of the molecule is CC(C)Oc1ccccc1CC(=O)N1CCC(c2ccnn2C)CC1. The van der Waals surface area contributed by atoms with Gasteiger partial charge in [0, 0.05) is 43.5 Å². The average molecular weight is 341 g/mol. The van der Waals surface area contributed by atoms with E-state index in [0.717, 1.165) is 37.2 Å². The van der Waals surface area contributed by atoms with Gasteiger partial charge in [-0.1, -0.05) is 18.2 Å². The van der Waals surface area contributed by atoms with Crippen molar-refractivity contribution in [1.82, 2.24) is 14.7 Å². The second-order valence-electron chi connectivity index (χ2n) is 6.99. The molecule has 0 aliphatic carbocycles. The molecule has 2 heterocycles. The summed E-state index contributed by atoms with van der Waals surface area (Å²) in [5.41, 5.74) is 2.23. The van der Waals surface area contributed by atoms with Gasteiger partial charge in [0.1, 0.15) is 5.75 Å². The van der Waals surface area contributed by atoms with Gasteiger partial charge < -0.3 is 9.64 Å². The lowest BCUT2D eigenvalue weighted by atomic mass is 9.93. The maximum atomic E-state index is 12.7. The van der Waals surface area contributed by atoms with Gasteiger partial charge in [-0.15, -0.1) is 0 Å². The fourth-order valence-corrected chi connectivity index (χ4v) is 3.50. The third kappa shape index (κ3) is 4.21. The van der Waals surface area contributed by atoms with Crippen LogP contribution in [-0.4, -0.2) is 39.8 Å². The molecule has 0 radical (unpaired) electrons. The molecule has 5 nitrogen and oxygen atoms in total. The van der Waals surface area contributed by atoms with E-state index in [1.165, 1.54) is 5.69 Å². The van der Waals surface area contributed by atoms with Crippen LogP contribution in [0.25, 0.3) is 0 Å². The van der Waals surface area contributed by atoms with Crippen LogP contribution in [0.3, 0.4) is 0 Å². The molecule has 1 aromatic heterocycles. The van der Waals surface area contributed by atoms with Crippen molar-refractivity contribution < 1.29 is 9.53 Å². The topological polar surface area (TPSA) is 47.4 Å². The van der Waals surface area contributed by atoms with Crippen molar-refractivity contribution in [2.24, 2.45) is 7.05 Å². The number of aryl methyl sites for hydroxylation is 1. The molecule has 2 aromatic rings. The van der Waals surface area contributed by atoms with Crippen LogP contribution in [0.15, 0.2) is 36.5 Å². The number of hydrogen-bond donors (Lipinski definition) is 0. The summed E-state index contributed by atoms with van der Waals surface area (Å²) in [4.78, 5) is 14.7. The van der Waals surface area contributed by atoms with Crippen LogP contribution in [0.1, 0.15) is 43.9 Å². The molecule has 3 rings (SSSR count).